The van der Waals surface area contributed by atoms with Gasteiger partial charge in [-0.2, -0.15) is 0 Å². The van der Waals surface area contributed by atoms with Crippen molar-refractivity contribution in [3.05, 3.63) is 42.1 Å². The van der Waals surface area contributed by atoms with Gasteiger partial charge in [0.05, 0.1) is 11.7 Å². The molecule has 1 saturated carbocycles. The second-order valence-corrected chi connectivity index (χ2v) is 5.46. The molecule has 6 heteroatoms. The van der Waals surface area contributed by atoms with Crippen LogP contribution >= 0.6 is 0 Å². The molecule has 0 heterocycles. The van der Waals surface area contributed by atoms with E-state index in [1.54, 1.807) is 0 Å². The van der Waals surface area contributed by atoms with Crippen LogP contribution in [0, 0.1) is 5.41 Å². The Kier molecular flexibility index (Phi) is 5.55. The topological polar surface area (TPSA) is 111 Å². The molecule has 0 aliphatic heterocycles. The van der Waals surface area contributed by atoms with Crippen LogP contribution in [0.25, 0.3) is 0 Å². The average molecular weight is 302 g/mol. The van der Waals surface area contributed by atoms with Crippen molar-refractivity contribution < 1.29 is 9.90 Å². The maximum absolute atomic E-state index is 11.5. The van der Waals surface area contributed by atoms with Crippen LogP contribution in [-0.2, 0) is 4.79 Å². The van der Waals surface area contributed by atoms with Crippen LogP contribution in [0.3, 0.4) is 0 Å². The molecule has 0 radical (unpaired) electrons. The summed E-state index contributed by atoms with van der Waals surface area (Å²) >= 11 is 0. The lowest BCUT2D eigenvalue weighted by molar-refractivity contribution is -0.114. The molecular weight excluding hydrogens is 280 g/mol. The van der Waals surface area contributed by atoms with Gasteiger partial charge >= 0.3 is 0 Å². The van der Waals surface area contributed by atoms with E-state index >= 15 is 0 Å². The summed E-state index contributed by atoms with van der Waals surface area (Å²) in [6.07, 6.45) is 4.44. The number of aliphatic hydroxyl groups excluding tert-OH is 1. The highest BCUT2D eigenvalue weighted by atomic mass is 16.3. The molecule has 0 spiro atoms. The number of nitrogens with one attached hydrogen (secondary N) is 3. The van der Waals surface area contributed by atoms with Crippen molar-refractivity contribution in [2.45, 2.75) is 37.8 Å². The number of amidine groups is 1. The van der Waals surface area contributed by atoms with Gasteiger partial charge in [0.2, 0.25) is 0 Å². The summed E-state index contributed by atoms with van der Waals surface area (Å²) in [5, 5.41) is 23.5. The molecule has 1 aromatic rings. The van der Waals surface area contributed by atoms with E-state index in [1.165, 1.54) is 6.20 Å². The summed E-state index contributed by atoms with van der Waals surface area (Å²) in [6, 6.07) is 9.37. The molecule has 1 aliphatic rings. The van der Waals surface area contributed by atoms with E-state index in [9.17, 15) is 9.90 Å². The number of primary amides is 1. The number of hydrogen-bond acceptors (Lipinski definition) is 4. The van der Waals surface area contributed by atoms with Crippen molar-refractivity contribution in [2.24, 2.45) is 5.73 Å². The van der Waals surface area contributed by atoms with Gasteiger partial charge in [0.25, 0.3) is 5.91 Å². The maximum atomic E-state index is 11.5. The van der Waals surface area contributed by atoms with Crippen molar-refractivity contribution in [2.75, 3.05) is 5.32 Å². The Balaban J connectivity index is 1.98. The number of amides is 1. The fraction of sp³-hybridized carbons (Fsp3) is 0.375. The van der Waals surface area contributed by atoms with E-state index in [0.717, 1.165) is 31.4 Å². The first-order chi connectivity index (χ1) is 10.6. The van der Waals surface area contributed by atoms with Crippen LogP contribution in [0.15, 0.2) is 42.1 Å². The lowest BCUT2D eigenvalue weighted by atomic mass is 9.93. The first-order valence-corrected chi connectivity index (χ1v) is 7.41. The fourth-order valence-electron chi connectivity index (χ4n) is 2.44. The molecule has 118 valence electrons. The smallest absolute Gasteiger partial charge is 0.253 e. The molecule has 0 saturated heterocycles. The van der Waals surface area contributed by atoms with E-state index in [2.05, 4.69) is 10.6 Å². The van der Waals surface area contributed by atoms with Crippen LogP contribution in [0.4, 0.5) is 5.69 Å². The number of hydrogen-bond donors (Lipinski definition) is 5. The van der Waals surface area contributed by atoms with E-state index in [1.807, 2.05) is 30.3 Å². The Morgan fingerprint density at radius 3 is 2.45 bits per heavy atom. The van der Waals surface area contributed by atoms with Crippen molar-refractivity contribution in [1.29, 1.82) is 5.41 Å². The normalized spacial score (nSPS) is 22.0. The number of para-hydroxylation sites is 1. The highest BCUT2D eigenvalue weighted by Crippen LogP contribution is 2.18. The Morgan fingerprint density at radius 2 is 1.86 bits per heavy atom. The number of nitrogens with two attached hydrogens (primary N) is 1. The number of rotatable bonds is 5. The standard InChI is InChI=1S/C16H22N4O2/c17-15(20-12-4-2-1-3-5-12)14(16(18)22)10-19-11-6-8-13(21)9-7-11/h1-5,10-11,13,19,21H,6-9H2,(H2,17,20)(H2,18,22)/b14-10+/t11-,13+. The van der Waals surface area contributed by atoms with Gasteiger partial charge in [0, 0.05) is 17.9 Å². The second-order valence-electron chi connectivity index (χ2n) is 5.46. The molecule has 0 atom stereocenters. The molecule has 1 aromatic carbocycles. The number of carbonyl (C=O) groups excluding carboxylic acids is 1. The minimum atomic E-state index is -0.656. The van der Waals surface area contributed by atoms with Crippen LogP contribution in [0.1, 0.15) is 25.7 Å². The molecule has 0 aromatic heterocycles. The highest BCUT2D eigenvalue weighted by molar-refractivity contribution is 6.23. The first kappa shape index (κ1) is 16.0. The molecule has 6 nitrogen and oxygen atoms in total. The summed E-state index contributed by atoms with van der Waals surface area (Å²) < 4.78 is 0. The Hall–Kier alpha value is -2.34. The third-order valence-corrected chi connectivity index (χ3v) is 3.74. The first-order valence-electron chi connectivity index (χ1n) is 7.41. The Morgan fingerprint density at radius 1 is 1.23 bits per heavy atom. The molecule has 0 unspecified atom stereocenters. The van der Waals surface area contributed by atoms with Gasteiger partial charge in [-0.25, -0.2) is 0 Å². The minimum Gasteiger partial charge on any atom is -0.393 e. The van der Waals surface area contributed by atoms with Crippen LogP contribution in [0.5, 0.6) is 0 Å². The van der Waals surface area contributed by atoms with E-state index in [-0.39, 0.29) is 23.6 Å². The SMILES string of the molecule is N=C(Nc1ccccc1)/C(=C\N[C@H]1CC[C@@H](O)CC1)C(N)=O. The zero-order chi connectivity index (χ0) is 15.9. The van der Waals surface area contributed by atoms with Crippen LogP contribution < -0.4 is 16.4 Å². The van der Waals surface area contributed by atoms with Gasteiger partial charge in [0.1, 0.15) is 5.84 Å². The van der Waals surface area contributed by atoms with Crippen molar-refractivity contribution in [3.8, 4) is 0 Å². The summed E-state index contributed by atoms with van der Waals surface area (Å²) in [5.74, 6) is -0.696. The average Bonchev–Trinajstić information content (AvgIpc) is 2.50. The molecule has 1 fully saturated rings. The lowest BCUT2D eigenvalue weighted by Gasteiger charge is -2.25. The highest BCUT2D eigenvalue weighted by Gasteiger charge is 2.19. The summed E-state index contributed by atoms with van der Waals surface area (Å²) in [7, 11) is 0. The van der Waals surface area contributed by atoms with Crippen molar-refractivity contribution in [3.63, 3.8) is 0 Å². The third-order valence-electron chi connectivity index (χ3n) is 3.74. The molecule has 1 aliphatic carbocycles. The zero-order valence-electron chi connectivity index (χ0n) is 12.4. The van der Waals surface area contributed by atoms with Gasteiger partial charge in [-0.1, -0.05) is 18.2 Å². The third kappa shape index (κ3) is 4.60. The lowest BCUT2D eigenvalue weighted by Crippen LogP contribution is -2.34. The number of benzene rings is 1. The Labute approximate surface area is 129 Å². The number of aliphatic hydroxyl groups is 1. The Bertz CT molecular complexity index is 549. The maximum Gasteiger partial charge on any atom is 0.253 e. The molecule has 1 amide bonds. The van der Waals surface area contributed by atoms with Gasteiger partial charge < -0.3 is 21.5 Å². The van der Waals surface area contributed by atoms with Gasteiger partial charge in [-0.15, -0.1) is 0 Å². The summed E-state index contributed by atoms with van der Waals surface area (Å²) in [5.41, 5.74) is 6.19. The van der Waals surface area contributed by atoms with Gasteiger partial charge in [-0.3, -0.25) is 10.2 Å². The summed E-state index contributed by atoms with van der Waals surface area (Å²) in [6.45, 7) is 0. The van der Waals surface area contributed by atoms with E-state index in [0.29, 0.717) is 0 Å². The molecule has 2 rings (SSSR count). The number of carbonyl (C=O) groups is 1. The van der Waals surface area contributed by atoms with Crippen molar-refractivity contribution in [1.82, 2.24) is 5.32 Å². The monoisotopic (exact) mass is 302 g/mol. The molecule has 22 heavy (non-hydrogen) atoms. The van der Waals surface area contributed by atoms with Crippen molar-refractivity contribution >= 4 is 17.4 Å². The fourth-order valence-corrected chi connectivity index (χ4v) is 2.44. The quantitative estimate of drug-likeness (QED) is 0.321. The van der Waals surface area contributed by atoms with E-state index < -0.39 is 5.91 Å². The van der Waals surface area contributed by atoms with E-state index in [4.69, 9.17) is 11.1 Å². The van der Waals surface area contributed by atoms with Gasteiger partial charge in [0.15, 0.2) is 0 Å². The summed E-state index contributed by atoms with van der Waals surface area (Å²) in [4.78, 5) is 11.5. The zero-order valence-corrected chi connectivity index (χ0v) is 12.4. The molecular formula is C16H22N4O2. The molecule has 0 bridgehead atoms. The van der Waals surface area contributed by atoms with Crippen LogP contribution in [0.2, 0.25) is 0 Å². The predicted molar refractivity (Wildman–Crippen MR) is 86.5 cm³/mol. The second kappa shape index (κ2) is 7.61. The van der Waals surface area contributed by atoms with Gasteiger partial charge in [-0.05, 0) is 37.8 Å². The van der Waals surface area contributed by atoms with Crippen LogP contribution in [-0.4, -0.2) is 29.0 Å². The molecule has 6 N–H and O–H groups in total. The predicted octanol–water partition coefficient (Wildman–Crippen LogP) is 1.34. The number of anilines is 1. The largest absolute Gasteiger partial charge is 0.393 e. The minimum absolute atomic E-state index is 0.0398.